The monoisotopic (exact) mass is 492 g/mol. The number of ether oxygens (including phenoxy) is 1. The SMILES string of the molecule is CCCOc1ccc(-c2nn(-c3ccccc3)cc2/C=N/NC(=O)c2ccc(Br)o2)cc1. The number of carbonyl (C=O) groups excluding carboxylic acids is 1. The molecule has 2 aromatic heterocycles. The largest absolute Gasteiger partial charge is 0.494 e. The highest BCUT2D eigenvalue weighted by Gasteiger charge is 2.13. The number of hydrazone groups is 1. The molecule has 1 N–H and O–H groups in total. The second kappa shape index (κ2) is 10.1. The number of hydrogen-bond acceptors (Lipinski definition) is 5. The van der Waals surface area contributed by atoms with Crippen molar-refractivity contribution in [2.24, 2.45) is 5.10 Å². The van der Waals surface area contributed by atoms with Crippen molar-refractivity contribution in [1.82, 2.24) is 15.2 Å². The molecule has 0 fully saturated rings. The molecule has 0 bridgehead atoms. The van der Waals surface area contributed by atoms with Gasteiger partial charge in [0.2, 0.25) is 0 Å². The molecule has 162 valence electrons. The van der Waals surface area contributed by atoms with E-state index < -0.39 is 5.91 Å². The van der Waals surface area contributed by atoms with Gasteiger partial charge < -0.3 is 9.15 Å². The minimum atomic E-state index is -0.443. The number of nitrogens with zero attached hydrogens (tertiary/aromatic N) is 3. The molecule has 2 aromatic carbocycles. The van der Waals surface area contributed by atoms with E-state index in [1.54, 1.807) is 23.0 Å². The van der Waals surface area contributed by atoms with Gasteiger partial charge in [0.1, 0.15) is 11.4 Å². The van der Waals surface area contributed by atoms with Crippen LogP contribution in [0.15, 0.2) is 87.1 Å². The number of rotatable bonds is 8. The van der Waals surface area contributed by atoms with Gasteiger partial charge in [-0.25, -0.2) is 10.1 Å². The molecule has 0 spiro atoms. The van der Waals surface area contributed by atoms with Crippen LogP contribution >= 0.6 is 15.9 Å². The zero-order valence-corrected chi connectivity index (χ0v) is 19.0. The number of para-hydroxylation sites is 1. The number of nitrogens with one attached hydrogen (secondary N) is 1. The van der Waals surface area contributed by atoms with E-state index in [-0.39, 0.29) is 5.76 Å². The smallest absolute Gasteiger partial charge is 0.307 e. The summed E-state index contributed by atoms with van der Waals surface area (Å²) in [6, 6.07) is 20.8. The van der Waals surface area contributed by atoms with Gasteiger partial charge in [-0.2, -0.15) is 10.2 Å². The van der Waals surface area contributed by atoms with E-state index in [0.717, 1.165) is 34.7 Å². The highest BCUT2D eigenvalue weighted by atomic mass is 79.9. The van der Waals surface area contributed by atoms with Gasteiger partial charge in [-0.3, -0.25) is 4.79 Å². The maximum Gasteiger partial charge on any atom is 0.307 e. The maximum atomic E-state index is 12.2. The van der Waals surface area contributed by atoms with Crippen LogP contribution in [0.4, 0.5) is 0 Å². The molecule has 4 aromatic rings. The quantitative estimate of drug-likeness (QED) is 0.262. The zero-order chi connectivity index (χ0) is 22.3. The lowest BCUT2D eigenvalue weighted by atomic mass is 10.1. The van der Waals surface area contributed by atoms with E-state index in [2.05, 4.69) is 33.4 Å². The van der Waals surface area contributed by atoms with Crippen molar-refractivity contribution in [3.63, 3.8) is 0 Å². The van der Waals surface area contributed by atoms with Crippen LogP contribution in [-0.2, 0) is 0 Å². The van der Waals surface area contributed by atoms with Gasteiger partial charge in [0, 0.05) is 17.3 Å². The Labute approximate surface area is 193 Å². The number of carbonyl (C=O) groups is 1. The third-order valence-electron chi connectivity index (χ3n) is 4.53. The molecule has 0 saturated heterocycles. The van der Waals surface area contributed by atoms with Crippen LogP contribution < -0.4 is 10.2 Å². The second-order valence-corrected chi connectivity index (χ2v) is 7.67. The molecular weight excluding hydrogens is 472 g/mol. The predicted octanol–water partition coefficient (Wildman–Crippen LogP) is 5.45. The summed E-state index contributed by atoms with van der Waals surface area (Å²) >= 11 is 3.18. The molecule has 1 amide bonds. The first-order valence-electron chi connectivity index (χ1n) is 10.1. The Bertz CT molecular complexity index is 1210. The van der Waals surface area contributed by atoms with E-state index in [1.165, 1.54) is 0 Å². The molecule has 32 heavy (non-hydrogen) atoms. The van der Waals surface area contributed by atoms with Crippen LogP contribution in [0, 0.1) is 0 Å². The molecule has 7 nitrogen and oxygen atoms in total. The minimum Gasteiger partial charge on any atom is -0.494 e. The molecule has 0 saturated carbocycles. The molecule has 2 heterocycles. The number of hydrogen-bond donors (Lipinski definition) is 1. The summed E-state index contributed by atoms with van der Waals surface area (Å²) in [6.45, 7) is 2.74. The summed E-state index contributed by atoms with van der Waals surface area (Å²) in [5.41, 5.74) is 5.78. The van der Waals surface area contributed by atoms with E-state index in [0.29, 0.717) is 11.3 Å². The van der Waals surface area contributed by atoms with E-state index in [9.17, 15) is 4.79 Å². The van der Waals surface area contributed by atoms with Gasteiger partial charge in [-0.15, -0.1) is 0 Å². The van der Waals surface area contributed by atoms with Gasteiger partial charge in [-0.05, 0) is 70.9 Å². The lowest BCUT2D eigenvalue weighted by molar-refractivity contribution is 0.0926. The van der Waals surface area contributed by atoms with Crippen molar-refractivity contribution in [3.8, 4) is 22.7 Å². The second-order valence-electron chi connectivity index (χ2n) is 6.89. The minimum absolute atomic E-state index is 0.164. The van der Waals surface area contributed by atoms with Gasteiger partial charge in [0.15, 0.2) is 10.4 Å². The van der Waals surface area contributed by atoms with Crippen molar-refractivity contribution in [2.45, 2.75) is 13.3 Å². The molecule has 0 radical (unpaired) electrons. The first-order chi connectivity index (χ1) is 15.6. The topological polar surface area (TPSA) is 81.6 Å². The lowest BCUT2D eigenvalue weighted by Gasteiger charge is -2.05. The van der Waals surface area contributed by atoms with E-state index in [1.807, 2.05) is 60.8 Å². The van der Waals surface area contributed by atoms with Crippen molar-refractivity contribution >= 4 is 28.1 Å². The highest BCUT2D eigenvalue weighted by molar-refractivity contribution is 9.10. The number of aromatic nitrogens is 2. The van der Waals surface area contributed by atoms with Crippen molar-refractivity contribution < 1.29 is 13.9 Å². The molecule has 0 aliphatic heterocycles. The fraction of sp³-hybridized carbons (Fsp3) is 0.125. The molecule has 0 atom stereocenters. The molecule has 0 aliphatic carbocycles. The Morgan fingerprint density at radius 3 is 2.62 bits per heavy atom. The summed E-state index contributed by atoms with van der Waals surface area (Å²) in [5.74, 6) is 0.531. The Morgan fingerprint density at radius 2 is 1.94 bits per heavy atom. The Kier molecular flexibility index (Phi) is 6.81. The van der Waals surface area contributed by atoms with Crippen LogP contribution in [0.3, 0.4) is 0 Å². The van der Waals surface area contributed by atoms with Crippen molar-refractivity contribution in [2.75, 3.05) is 6.61 Å². The first-order valence-corrected chi connectivity index (χ1v) is 10.9. The number of furan rings is 1. The van der Waals surface area contributed by atoms with Crippen molar-refractivity contribution in [3.05, 3.63) is 88.9 Å². The highest BCUT2D eigenvalue weighted by Crippen LogP contribution is 2.25. The molecular formula is C24H21BrN4O3. The number of amides is 1. The zero-order valence-electron chi connectivity index (χ0n) is 17.4. The summed E-state index contributed by atoms with van der Waals surface area (Å²) < 4.78 is 13.2. The van der Waals surface area contributed by atoms with E-state index in [4.69, 9.17) is 14.3 Å². The molecule has 0 unspecified atom stereocenters. The predicted molar refractivity (Wildman–Crippen MR) is 126 cm³/mol. The number of halogens is 1. The van der Waals surface area contributed by atoms with Crippen LogP contribution in [0.2, 0.25) is 0 Å². The summed E-state index contributed by atoms with van der Waals surface area (Å²) in [4.78, 5) is 12.2. The lowest BCUT2D eigenvalue weighted by Crippen LogP contribution is -2.16. The van der Waals surface area contributed by atoms with Gasteiger partial charge >= 0.3 is 5.91 Å². The fourth-order valence-corrected chi connectivity index (χ4v) is 3.31. The maximum absolute atomic E-state index is 12.2. The molecule has 0 aliphatic rings. The van der Waals surface area contributed by atoms with Crippen LogP contribution in [0.5, 0.6) is 5.75 Å². The number of benzene rings is 2. The third-order valence-corrected chi connectivity index (χ3v) is 4.96. The van der Waals surface area contributed by atoms with E-state index >= 15 is 0 Å². The average Bonchev–Trinajstić information content (AvgIpc) is 3.45. The van der Waals surface area contributed by atoms with Crippen molar-refractivity contribution in [1.29, 1.82) is 0 Å². The van der Waals surface area contributed by atoms with Gasteiger partial charge in [0.25, 0.3) is 0 Å². The fourth-order valence-electron chi connectivity index (χ4n) is 3.00. The summed E-state index contributed by atoms with van der Waals surface area (Å²) in [7, 11) is 0. The standard InChI is InChI=1S/C24H21BrN4O3/c1-2-14-31-20-10-8-17(9-11-20)23-18(16-29(28-23)19-6-4-3-5-7-19)15-26-27-24(30)21-12-13-22(25)32-21/h3-13,15-16H,2,14H2,1H3,(H,27,30)/b26-15+. The van der Waals surface area contributed by atoms with Gasteiger partial charge in [0.05, 0.1) is 18.5 Å². The molecule has 8 heteroatoms. The third kappa shape index (κ3) is 5.15. The first kappa shape index (κ1) is 21.6. The molecule has 4 rings (SSSR count). The average molecular weight is 493 g/mol. The summed E-state index contributed by atoms with van der Waals surface area (Å²) in [5, 5.41) is 8.85. The Morgan fingerprint density at radius 1 is 1.16 bits per heavy atom. The Balaban J connectivity index is 1.61. The Hall–Kier alpha value is -3.65. The summed E-state index contributed by atoms with van der Waals surface area (Å²) in [6.07, 6.45) is 4.38. The van der Waals surface area contributed by atoms with Crippen LogP contribution in [0.1, 0.15) is 29.5 Å². The normalized spacial score (nSPS) is 11.1. The van der Waals surface area contributed by atoms with Crippen LogP contribution in [0.25, 0.3) is 16.9 Å². The van der Waals surface area contributed by atoms with Crippen LogP contribution in [-0.4, -0.2) is 28.5 Å². The van der Waals surface area contributed by atoms with Gasteiger partial charge in [-0.1, -0.05) is 25.1 Å².